The molecule has 0 radical (unpaired) electrons. The monoisotopic (exact) mass is 600 g/mol. The van der Waals surface area contributed by atoms with Crippen LogP contribution in [-0.4, -0.2) is 120 Å². The zero-order valence-electron chi connectivity index (χ0n) is 23.8. The standard InChI is InChI=1S/C28H40O14/c1-37-17-6-13(7-18(38-2)23(17)32)5-15(10-29)16(12-41-28-27(36)26(35)25(34)21(11-30)42-28)22(31)14-8-19(39-3)24(33)20(9-14)40-4/h6-9,15-16,21-22,25-36H,5,10-12H2,1-4H3/t15-,16-,21+,22?,25+,26-,27+,28+/m0/s1. The molecule has 0 amide bonds. The van der Waals surface area contributed by atoms with Crippen molar-refractivity contribution in [3.8, 4) is 34.5 Å². The van der Waals surface area contributed by atoms with Gasteiger partial charge >= 0.3 is 0 Å². The Kier molecular flexibility index (Phi) is 11.8. The molecule has 42 heavy (non-hydrogen) atoms. The van der Waals surface area contributed by atoms with E-state index in [1.54, 1.807) is 12.1 Å². The molecule has 2 aromatic carbocycles. The molecular formula is C28H40O14. The largest absolute Gasteiger partial charge is 0.502 e. The van der Waals surface area contributed by atoms with Crippen LogP contribution in [0.25, 0.3) is 0 Å². The summed E-state index contributed by atoms with van der Waals surface area (Å²) in [5, 5.41) is 83.0. The molecule has 1 aliphatic rings. The minimum Gasteiger partial charge on any atom is -0.502 e. The van der Waals surface area contributed by atoms with Crippen molar-refractivity contribution >= 4 is 0 Å². The van der Waals surface area contributed by atoms with Crippen LogP contribution in [0.15, 0.2) is 24.3 Å². The van der Waals surface area contributed by atoms with Gasteiger partial charge in [-0.15, -0.1) is 0 Å². The maximum absolute atomic E-state index is 11.6. The van der Waals surface area contributed by atoms with E-state index in [4.69, 9.17) is 28.4 Å². The number of methoxy groups -OCH3 is 4. The van der Waals surface area contributed by atoms with E-state index in [9.17, 15) is 40.9 Å². The molecule has 0 saturated carbocycles. The highest BCUT2D eigenvalue weighted by Gasteiger charge is 2.45. The van der Waals surface area contributed by atoms with Crippen molar-refractivity contribution in [2.75, 3.05) is 48.3 Å². The molecule has 1 unspecified atom stereocenters. The first-order valence-electron chi connectivity index (χ1n) is 13.1. The molecule has 8 N–H and O–H groups in total. The van der Waals surface area contributed by atoms with Crippen molar-refractivity contribution in [1.82, 2.24) is 0 Å². The van der Waals surface area contributed by atoms with Gasteiger partial charge in [-0.25, -0.2) is 0 Å². The van der Waals surface area contributed by atoms with Crippen LogP contribution in [0.4, 0.5) is 0 Å². The van der Waals surface area contributed by atoms with Crippen LogP contribution >= 0.6 is 0 Å². The van der Waals surface area contributed by atoms with Crippen LogP contribution in [0, 0.1) is 11.8 Å². The van der Waals surface area contributed by atoms with Gasteiger partial charge in [-0.2, -0.15) is 0 Å². The van der Waals surface area contributed by atoms with E-state index in [-0.39, 0.29) is 53.1 Å². The minimum atomic E-state index is -1.69. The third kappa shape index (κ3) is 7.10. The maximum atomic E-state index is 11.6. The molecule has 1 heterocycles. The Morgan fingerprint density at radius 1 is 0.762 bits per heavy atom. The van der Waals surface area contributed by atoms with Gasteiger partial charge in [0.15, 0.2) is 29.3 Å². The minimum absolute atomic E-state index is 0.0190. The number of ether oxygens (including phenoxy) is 6. The molecule has 1 saturated heterocycles. The van der Waals surface area contributed by atoms with Crippen molar-refractivity contribution in [1.29, 1.82) is 0 Å². The zero-order chi connectivity index (χ0) is 31.1. The molecule has 1 aliphatic heterocycles. The number of rotatable bonds is 14. The predicted molar refractivity (Wildman–Crippen MR) is 145 cm³/mol. The van der Waals surface area contributed by atoms with E-state index in [2.05, 4.69) is 0 Å². The molecule has 3 rings (SSSR count). The number of benzene rings is 2. The number of phenolic OH excluding ortho intramolecular Hbond substituents is 2. The van der Waals surface area contributed by atoms with Gasteiger partial charge in [0.1, 0.15) is 24.4 Å². The van der Waals surface area contributed by atoms with Crippen molar-refractivity contribution < 1.29 is 69.3 Å². The SMILES string of the molecule is COc1cc(C[C@@H](CO)[C@H](CO[C@@H]2O[C@H](CO)[C@@H](O)[C@H](O)[C@H]2O)C(O)c2cc(OC)c(O)c(OC)c2)cc(OC)c1O. The summed E-state index contributed by atoms with van der Waals surface area (Å²) < 4.78 is 32.1. The predicted octanol–water partition coefficient (Wildman–Crippen LogP) is -0.550. The summed E-state index contributed by atoms with van der Waals surface area (Å²) in [6.07, 6.45) is -8.92. The molecule has 14 nitrogen and oxygen atoms in total. The topological polar surface area (TPSA) is 217 Å². The molecule has 0 spiro atoms. The van der Waals surface area contributed by atoms with Crippen LogP contribution < -0.4 is 18.9 Å². The highest BCUT2D eigenvalue weighted by Crippen LogP contribution is 2.43. The lowest BCUT2D eigenvalue weighted by Crippen LogP contribution is -2.59. The zero-order valence-corrected chi connectivity index (χ0v) is 23.8. The Morgan fingerprint density at radius 2 is 1.26 bits per heavy atom. The van der Waals surface area contributed by atoms with Gasteiger partial charge < -0.3 is 69.3 Å². The average Bonchev–Trinajstić information content (AvgIpc) is 3.00. The first-order chi connectivity index (χ1) is 20.0. The van der Waals surface area contributed by atoms with Crippen molar-refractivity contribution in [2.45, 2.75) is 43.2 Å². The third-order valence-electron chi connectivity index (χ3n) is 7.43. The fourth-order valence-electron chi connectivity index (χ4n) is 4.95. The number of hydrogen-bond donors (Lipinski definition) is 8. The quantitative estimate of drug-likeness (QED) is 0.137. The van der Waals surface area contributed by atoms with Crippen LogP contribution in [0.5, 0.6) is 34.5 Å². The van der Waals surface area contributed by atoms with Gasteiger partial charge in [0.05, 0.1) is 47.8 Å². The highest BCUT2D eigenvalue weighted by molar-refractivity contribution is 5.54. The summed E-state index contributed by atoms with van der Waals surface area (Å²) in [5.74, 6) is -1.88. The summed E-state index contributed by atoms with van der Waals surface area (Å²) in [7, 11) is 5.39. The van der Waals surface area contributed by atoms with Gasteiger partial charge in [-0.1, -0.05) is 0 Å². The van der Waals surface area contributed by atoms with Gasteiger partial charge in [0.25, 0.3) is 0 Å². The van der Waals surface area contributed by atoms with E-state index in [0.29, 0.717) is 5.56 Å². The molecule has 1 fully saturated rings. The van der Waals surface area contributed by atoms with Gasteiger partial charge in [0, 0.05) is 12.5 Å². The lowest BCUT2D eigenvalue weighted by molar-refractivity contribution is -0.305. The number of phenols is 2. The van der Waals surface area contributed by atoms with E-state index >= 15 is 0 Å². The molecule has 14 heteroatoms. The second-order valence-electron chi connectivity index (χ2n) is 9.91. The number of hydrogen-bond acceptors (Lipinski definition) is 14. The van der Waals surface area contributed by atoms with Crippen LogP contribution in [0.1, 0.15) is 17.2 Å². The highest BCUT2D eigenvalue weighted by atomic mass is 16.7. The van der Waals surface area contributed by atoms with Crippen molar-refractivity contribution in [3.63, 3.8) is 0 Å². The average molecular weight is 601 g/mol. The Hall–Kier alpha value is -3.08. The molecule has 0 bridgehead atoms. The second-order valence-corrected chi connectivity index (χ2v) is 9.91. The number of aliphatic hydroxyl groups excluding tert-OH is 6. The Bertz CT molecular complexity index is 1110. The Labute approximate surface area is 242 Å². The van der Waals surface area contributed by atoms with Crippen LogP contribution in [0.3, 0.4) is 0 Å². The van der Waals surface area contributed by atoms with E-state index in [0.717, 1.165) is 0 Å². The summed E-state index contributed by atoms with van der Waals surface area (Å²) in [6.45, 7) is -1.47. The summed E-state index contributed by atoms with van der Waals surface area (Å²) in [5.41, 5.74) is 0.815. The van der Waals surface area contributed by atoms with Crippen molar-refractivity contribution in [2.24, 2.45) is 11.8 Å². The normalized spacial score (nSPS) is 24.5. The second kappa shape index (κ2) is 14.9. The molecule has 8 atom stereocenters. The number of aliphatic hydroxyl groups is 6. The fourth-order valence-corrected chi connectivity index (χ4v) is 4.95. The van der Waals surface area contributed by atoms with Crippen LogP contribution in [-0.2, 0) is 15.9 Å². The van der Waals surface area contributed by atoms with Crippen LogP contribution in [0.2, 0.25) is 0 Å². The smallest absolute Gasteiger partial charge is 0.200 e. The fraction of sp³-hybridized carbons (Fsp3) is 0.571. The first kappa shape index (κ1) is 33.4. The Balaban J connectivity index is 1.99. The third-order valence-corrected chi connectivity index (χ3v) is 7.43. The van der Waals surface area contributed by atoms with Gasteiger partial charge in [0.2, 0.25) is 11.5 Å². The van der Waals surface area contributed by atoms with Crippen molar-refractivity contribution in [3.05, 3.63) is 35.4 Å². The van der Waals surface area contributed by atoms with E-state index < -0.39 is 61.9 Å². The summed E-state index contributed by atoms with van der Waals surface area (Å²) >= 11 is 0. The lowest BCUT2D eigenvalue weighted by Gasteiger charge is -2.40. The lowest BCUT2D eigenvalue weighted by atomic mass is 9.81. The molecule has 236 valence electrons. The maximum Gasteiger partial charge on any atom is 0.200 e. The summed E-state index contributed by atoms with van der Waals surface area (Å²) in [4.78, 5) is 0. The molecule has 0 aliphatic carbocycles. The van der Waals surface area contributed by atoms with Gasteiger partial charge in [-0.3, -0.25) is 0 Å². The van der Waals surface area contributed by atoms with Gasteiger partial charge in [-0.05, 0) is 47.7 Å². The molecular weight excluding hydrogens is 560 g/mol. The summed E-state index contributed by atoms with van der Waals surface area (Å²) in [6, 6.07) is 5.89. The van der Waals surface area contributed by atoms with E-state index in [1.807, 2.05) is 0 Å². The number of aromatic hydroxyl groups is 2. The first-order valence-corrected chi connectivity index (χ1v) is 13.1. The molecule has 0 aromatic heterocycles. The molecule has 2 aromatic rings. The Morgan fingerprint density at radius 3 is 1.71 bits per heavy atom. The van der Waals surface area contributed by atoms with E-state index in [1.165, 1.54) is 40.6 Å².